The van der Waals surface area contributed by atoms with E-state index in [4.69, 9.17) is 0 Å². The summed E-state index contributed by atoms with van der Waals surface area (Å²) in [6, 6.07) is 6.60. The highest BCUT2D eigenvalue weighted by Crippen LogP contribution is 2.20. The van der Waals surface area contributed by atoms with Crippen molar-refractivity contribution in [3.05, 3.63) is 42.9 Å². The van der Waals surface area contributed by atoms with Gasteiger partial charge in [-0.3, -0.25) is 9.97 Å². The Morgan fingerprint density at radius 1 is 1.11 bits per heavy atom. The van der Waals surface area contributed by atoms with E-state index in [0.29, 0.717) is 5.69 Å². The van der Waals surface area contributed by atoms with Crippen LogP contribution < -0.4 is 4.74 Å². The minimum Gasteiger partial charge on any atom is -0.483 e. The Bertz CT molecular complexity index is 497. The van der Waals surface area contributed by atoms with Crippen molar-refractivity contribution in [1.82, 2.24) is 9.97 Å². The zero-order valence-corrected chi connectivity index (χ0v) is 9.19. The molecule has 0 unspecified atom stereocenters. The molecule has 0 aliphatic carbocycles. The summed E-state index contributed by atoms with van der Waals surface area (Å²) >= 11 is 0. The predicted octanol–water partition coefficient (Wildman–Crippen LogP) is 3.08. The molecular formula is C12H9F3N2O. The smallest absolute Gasteiger partial charge is 0.422 e. The maximum Gasteiger partial charge on any atom is 0.422 e. The van der Waals surface area contributed by atoms with Crippen LogP contribution >= 0.6 is 0 Å². The van der Waals surface area contributed by atoms with E-state index in [1.807, 2.05) is 6.07 Å². The summed E-state index contributed by atoms with van der Waals surface area (Å²) in [6.45, 7) is -1.32. The Morgan fingerprint density at radius 3 is 2.50 bits per heavy atom. The average Bonchev–Trinajstić information content (AvgIpc) is 2.37. The molecule has 0 spiro atoms. The Kier molecular flexibility index (Phi) is 3.45. The number of hydrogen-bond acceptors (Lipinski definition) is 3. The standard InChI is InChI=1S/C12H9F3N2O/c13-12(14,15)8-18-10-3-4-11(17-7-10)9-2-1-5-16-6-9/h1-7H,8H2. The van der Waals surface area contributed by atoms with Gasteiger partial charge in [-0.25, -0.2) is 0 Å². The van der Waals surface area contributed by atoms with E-state index in [9.17, 15) is 13.2 Å². The summed E-state index contributed by atoms with van der Waals surface area (Å²) in [6.07, 6.45) is 0.166. The quantitative estimate of drug-likeness (QED) is 0.844. The van der Waals surface area contributed by atoms with Gasteiger partial charge < -0.3 is 4.74 Å². The lowest BCUT2D eigenvalue weighted by molar-refractivity contribution is -0.153. The highest BCUT2D eigenvalue weighted by atomic mass is 19.4. The number of rotatable bonds is 3. The number of aromatic nitrogens is 2. The molecule has 0 saturated heterocycles. The molecule has 2 aromatic heterocycles. The van der Waals surface area contributed by atoms with Crippen LogP contribution in [0.5, 0.6) is 5.75 Å². The first-order chi connectivity index (χ1) is 8.54. The van der Waals surface area contributed by atoms with Gasteiger partial charge >= 0.3 is 6.18 Å². The van der Waals surface area contributed by atoms with E-state index in [2.05, 4.69) is 14.7 Å². The molecule has 3 nitrogen and oxygen atoms in total. The molecule has 2 aromatic rings. The molecule has 0 aliphatic rings. The number of alkyl halides is 3. The van der Waals surface area contributed by atoms with E-state index >= 15 is 0 Å². The van der Waals surface area contributed by atoms with Crippen LogP contribution in [0.3, 0.4) is 0 Å². The minimum atomic E-state index is -4.35. The van der Waals surface area contributed by atoms with Crippen LogP contribution in [0, 0.1) is 0 Å². The van der Waals surface area contributed by atoms with Gasteiger partial charge in [-0.15, -0.1) is 0 Å². The summed E-state index contributed by atoms with van der Waals surface area (Å²) in [4.78, 5) is 7.95. The van der Waals surface area contributed by atoms with E-state index in [1.54, 1.807) is 24.5 Å². The molecule has 0 saturated carbocycles. The average molecular weight is 254 g/mol. The Labute approximate surface area is 101 Å². The van der Waals surface area contributed by atoms with Gasteiger partial charge in [0, 0.05) is 18.0 Å². The van der Waals surface area contributed by atoms with Gasteiger partial charge in [0.1, 0.15) is 5.75 Å². The summed E-state index contributed by atoms with van der Waals surface area (Å²) in [5.41, 5.74) is 1.42. The van der Waals surface area contributed by atoms with Crippen molar-refractivity contribution in [3.8, 4) is 17.0 Å². The summed E-state index contributed by atoms with van der Waals surface area (Å²) in [5, 5.41) is 0. The highest BCUT2D eigenvalue weighted by molar-refractivity contribution is 5.57. The fourth-order valence-corrected chi connectivity index (χ4v) is 1.32. The molecule has 94 valence electrons. The molecule has 0 amide bonds. The SMILES string of the molecule is FC(F)(F)COc1ccc(-c2cccnc2)nc1. The molecule has 0 bridgehead atoms. The number of hydrogen-bond donors (Lipinski definition) is 0. The second-order valence-corrected chi connectivity index (χ2v) is 3.52. The molecule has 2 rings (SSSR count). The van der Waals surface area contributed by atoms with Crippen LogP contribution in [-0.4, -0.2) is 22.8 Å². The number of pyridine rings is 2. The van der Waals surface area contributed by atoms with Crippen molar-refractivity contribution in [2.75, 3.05) is 6.61 Å². The molecule has 0 atom stereocenters. The summed E-state index contributed by atoms with van der Waals surface area (Å²) in [5.74, 6) is 0.0833. The van der Waals surface area contributed by atoms with E-state index in [-0.39, 0.29) is 5.75 Å². The van der Waals surface area contributed by atoms with Crippen LogP contribution in [0.1, 0.15) is 0 Å². The van der Waals surface area contributed by atoms with Gasteiger partial charge in [-0.1, -0.05) is 0 Å². The molecule has 6 heteroatoms. The number of ether oxygens (including phenoxy) is 1. The normalized spacial score (nSPS) is 11.3. The highest BCUT2D eigenvalue weighted by Gasteiger charge is 2.28. The molecule has 0 radical (unpaired) electrons. The van der Waals surface area contributed by atoms with Gasteiger partial charge in [0.05, 0.1) is 11.9 Å². The van der Waals surface area contributed by atoms with Crippen molar-refractivity contribution in [3.63, 3.8) is 0 Å². The lowest BCUT2D eigenvalue weighted by atomic mass is 10.2. The largest absolute Gasteiger partial charge is 0.483 e. The second-order valence-electron chi connectivity index (χ2n) is 3.52. The first kappa shape index (κ1) is 12.3. The summed E-state index contributed by atoms with van der Waals surface area (Å²) < 4.78 is 40.4. The van der Waals surface area contributed by atoms with Crippen molar-refractivity contribution >= 4 is 0 Å². The van der Waals surface area contributed by atoms with Gasteiger partial charge in [0.15, 0.2) is 6.61 Å². The van der Waals surface area contributed by atoms with Crippen molar-refractivity contribution in [1.29, 1.82) is 0 Å². The van der Waals surface area contributed by atoms with Gasteiger partial charge in [-0.2, -0.15) is 13.2 Å². The predicted molar refractivity (Wildman–Crippen MR) is 59.0 cm³/mol. The second kappa shape index (κ2) is 5.03. The molecule has 18 heavy (non-hydrogen) atoms. The number of nitrogens with zero attached hydrogens (tertiary/aromatic N) is 2. The zero-order chi connectivity index (χ0) is 13.0. The van der Waals surface area contributed by atoms with Crippen molar-refractivity contribution < 1.29 is 17.9 Å². The maximum atomic E-state index is 11.9. The maximum absolute atomic E-state index is 11.9. The van der Waals surface area contributed by atoms with Crippen LogP contribution in [0.4, 0.5) is 13.2 Å². The van der Waals surface area contributed by atoms with Gasteiger partial charge in [0.25, 0.3) is 0 Å². The van der Waals surface area contributed by atoms with Crippen LogP contribution in [0.15, 0.2) is 42.9 Å². The van der Waals surface area contributed by atoms with E-state index in [1.165, 1.54) is 12.3 Å². The summed E-state index contributed by atoms with van der Waals surface area (Å²) in [7, 11) is 0. The topological polar surface area (TPSA) is 35.0 Å². The first-order valence-electron chi connectivity index (χ1n) is 5.10. The molecule has 0 aromatic carbocycles. The van der Waals surface area contributed by atoms with E-state index < -0.39 is 12.8 Å². The number of halogens is 3. The third kappa shape index (κ3) is 3.44. The lowest BCUT2D eigenvalue weighted by Gasteiger charge is -2.09. The molecule has 2 heterocycles. The Balaban J connectivity index is 2.07. The van der Waals surface area contributed by atoms with Crippen LogP contribution in [0.2, 0.25) is 0 Å². The van der Waals surface area contributed by atoms with Gasteiger partial charge in [0.2, 0.25) is 0 Å². The Morgan fingerprint density at radius 2 is 1.94 bits per heavy atom. The molecule has 0 N–H and O–H groups in total. The monoisotopic (exact) mass is 254 g/mol. The van der Waals surface area contributed by atoms with Crippen LogP contribution in [0.25, 0.3) is 11.3 Å². The molecular weight excluding hydrogens is 245 g/mol. The third-order valence-corrected chi connectivity index (χ3v) is 2.10. The molecule has 0 aliphatic heterocycles. The third-order valence-electron chi connectivity index (χ3n) is 2.10. The van der Waals surface area contributed by atoms with Crippen molar-refractivity contribution in [2.45, 2.75) is 6.18 Å². The fraction of sp³-hybridized carbons (Fsp3) is 0.167. The lowest BCUT2D eigenvalue weighted by Crippen LogP contribution is -2.19. The first-order valence-corrected chi connectivity index (χ1v) is 5.10. The minimum absolute atomic E-state index is 0.0833. The Hall–Kier alpha value is -2.11. The van der Waals surface area contributed by atoms with Crippen molar-refractivity contribution in [2.24, 2.45) is 0 Å². The van der Waals surface area contributed by atoms with Gasteiger partial charge in [-0.05, 0) is 24.3 Å². The van der Waals surface area contributed by atoms with E-state index in [0.717, 1.165) is 5.56 Å². The fourth-order valence-electron chi connectivity index (χ4n) is 1.32. The van der Waals surface area contributed by atoms with Crippen LogP contribution in [-0.2, 0) is 0 Å². The molecule has 0 fully saturated rings. The zero-order valence-electron chi connectivity index (χ0n) is 9.19.